The smallest absolute Gasteiger partial charge is 0.348 e. The number of ether oxygens (including phenoxy) is 2. The van der Waals surface area contributed by atoms with Crippen molar-refractivity contribution in [2.75, 3.05) is 18.1 Å². The lowest BCUT2D eigenvalue weighted by Gasteiger charge is -2.25. The Morgan fingerprint density at radius 2 is 0.891 bits per heavy atom. The number of hydrogen-bond donors (Lipinski definition) is 0. The van der Waals surface area contributed by atoms with Crippen LogP contribution >= 0.6 is 0 Å². The zero-order chi connectivity index (χ0) is 38.8. The molecule has 0 bridgehead atoms. The third-order valence-electron chi connectivity index (χ3n) is 8.74. The van der Waals surface area contributed by atoms with Gasteiger partial charge in [-0.1, -0.05) is 116 Å². The maximum atomic E-state index is 12.7. The van der Waals surface area contributed by atoms with Gasteiger partial charge in [0, 0.05) is 17.1 Å². The second kappa shape index (κ2) is 20.1. The second-order valence-electron chi connectivity index (χ2n) is 12.6. The minimum atomic E-state index is -0.660. The minimum Gasteiger partial charge on any atom is -0.462 e. The average molecular weight is 724 g/mol. The number of carbonyl (C=O) groups is 2. The highest BCUT2D eigenvalue weighted by molar-refractivity contribution is 5.98. The Labute approximate surface area is 323 Å². The lowest BCUT2D eigenvalue weighted by Crippen LogP contribution is -2.10. The van der Waals surface area contributed by atoms with Crippen molar-refractivity contribution in [2.24, 2.45) is 0 Å². The van der Waals surface area contributed by atoms with Crippen LogP contribution in [-0.2, 0) is 31.9 Å². The summed E-state index contributed by atoms with van der Waals surface area (Å²) in [6.45, 7) is 7.94. The predicted octanol–water partition coefficient (Wildman–Crippen LogP) is 10.6. The maximum Gasteiger partial charge on any atom is 0.348 e. The molecule has 0 saturated carbocycles. The molecule has 0 amide bonds. The number of nitrogens with zero attached hydrogens (tertiary/aromatic N) is 3. The van der Waals surface area contributed by atoms with E-state index in [9.17, 15) is 20.1 Å². The van der Waals surface area contributed by atoms with Gasteiger partial charge in [-0.15, -0.1) is 0 Å². The minimum absolute atomic E-state index is 0.0815. The average Bonchev–Trinajstić information content (AvgIpc) is 3.24. The Hall–Kier alpha value is -7.22. The topological polar surface area (TPSA) is 103 Å². The van der Waals surface area contributed by atoms with Gasteiger partial charge in [-0.25, -0.2) is 9.59 Å². The number of esters is 2. The quantitative estimate of drug-likeness (QED) is 0.0407. The first-order valence-corrected chi connectivity index (χ1v) is 18.0. The molecule has 5 rings (SSSR count). The third kappa shape index (κ3) is 11.4. The van der Waals surface area contributed by atoms with Crippen LogP contribution in [-0.4, -0.2) is 25.2 Å². The molecular weight excluding hydrogens is 683 g/mol. The van der Waals surface area contributed by atoms with E-state index >= 15 is 0 Å². The molecule has 0 heterocycles. The van der Waals surface area contributed by atoms with Gasteiger partial charge in [-0.2, -0.15) is 10.5 Å². The molecule has 0 aliphatic heterocycles. The highest BCUT2D eigenvalue weighted by Crippen LogP contribution is 2.35. The Bertz CT molecular complexity index is 2080. The van der Waals surface area contributed by atoms with Crippen LogP contribution < -0.4 is 4.90 Å². The van der Waals surface area contributed by atoms with Crippen LogP contribution in [0.2, 0.25) is 0 Å². The molecule has 7 heteroatoms. The number of rotatable bonds is 17. The zero-order valence-corrected chi connectivity index (χ0v) is 30.6. The van der Waals surface area contributed by atoms with Crippen molar-refractivity contribution >= 4 is 53.3 Å². The largest absolute Gasteiger partial charge is 0.462 e. The summed E-state index contributed by atoms with van der Waals surface area (Å²) in [5.41, 5.74) is 8.13. The number of hydrogen-bond acceptors (Lipinski definition) is 7. The van der Waals surface area contributed by atoms with Crippen molar-refractivity contribution in [1.82, 2.24) is 0 Å². The molecule has 0 aliphatic carbocycles. The Morgan fingerprint density at radius 3 is 1.25 bits per heavy atom. The monoisotopic (exact) mass is 723 g/mol. The maximum absolute atomic E-state index is 12.7. The number of benzene rings is 5. The SMILES string of the molecule is C=Cc1ccc(CCCOC(=O)C(C#N)=Cc2ccc(N(c3ccccc3)c3ccc(C=C(C#N)C(=O)OCCCc4ccc(C=C)cc4)cc3)cc2)cc1. The summed E-state index contributed by atoms with van der Waals surface area (Å²) in [6, 6.07) is 44.8. The molecule has 5 aromatic rings. The third-order valence-corrected chi connectivity index (χ3v) is 8.74. The molecule has 55 heavy (non-hydrogen) atoms. The Balaban J connectivity index is 1.22. The molecule has 0 saturated heterocycles. The molecule has 0 aromatic heterocycles. The van der Waals surface area contributed by atoms with E-state index in [4.69, 9.17) is 9.47 Å². The normalized spacial score (nSPS) is 11.1. The van der Waals surface area contributed by atoms with Gasteiger partial charge in [0.05, 0.1) is 13.2 Å². The van der Waals surface area contributed by atoms with Crippen LogP contribution in [0.4, 0.5) is 17.1 Å². The van der Waals surface area contributed by atoms with Crippen LogP contribution in [0.15, 0.2) is 152 Å². The van der Waals surface area contributed by atoms with E-state index in [2.05, 4.69) is 18.1 Å². The van der Waals surface area contributed by atoms with Crippen molar-refractivity contribution in [3.05, 3.63) is 185 Å². The van der Waals surface area contributed by atoms with Gasteiger partial charge in [0.2, 0.25) is 0 Å². The van der Waals surface area contributed by atoms with E-state index in [-0.39, 0.29) is 24.4 Å². The van der Waals surface area contributed by atoms with Gasteiger partial charge in [0.25, 0.3) is 0 Å². The molecule has 0 spiro atoms. The second-order valence-corrected chi connectivity index (χ2v) is 12.6. The molecule has 0 radical (unpaired) electrons. The molecule has 5 aromatic carbocycles. The van der Waals surface area contributed by atoms with Gasteiger partial charge in [0.1, 0.15) is 23.3 Å². The van der Waals surface area contributed by atoms with E-state index < -0.39 is 11.9 Å². The van der Waals surface area contributed by atoms with Crippen LogP contribution in [0.1, 0.15) is 46.2 Å². The van der Waals surface area contributed by atoms with E-state index in [1.807, 2.05) is 140 Å². The van der Waals surface area contributed by atoms with E-state index in [1.165, 1.54) is 12.2 Å². The number of nitriles is 2. The fourth-order valence-corrected chi connectivity index (χ4v) is 5.75. The van der Waals surface area contributed by atoms with Crippen molar-refractivity contribution in [3.8, 4) is 12.1 Å². The van der Waals surface area contributed by atoms with Gasteiger partial charge >= 0.3 is 11.9 Å². The number of anilines is 3. The molecule has 0 unspecified atom stereocenters. The van der Waals surface area contributed by atoms with Crippen LogP contribution in [0.5, 0.6) is 0 Å². The first kappa shape index (κ1) is 39.0. The number of para-hydroxylation sites is 1. The summed E-state index contributed by atoms with van der Waals surface area (Å²) in [5, 5.41) is 19.4. The fraction of sp³-hybridized carbons (Fsp3) is 0.125. The molecule has 0 aliphatic rings. The Morgan fingerprint density at radius 1 is 0.527 bits per heavy atom. The lowest BCUT2D eigenvalue weighted by molar-refractivity contribution is -0.139. The summed E-state index contributed by atoms with van der Waals surface area (Å²) in [4.78, 5) is 27.5. The van der Waals surface area contributed by atoms with E-state index in [1.54, 1.807) is 12.2 Å². The van der Waals surface area contributed by atoms with Gasteiger partial charge in [-0.3, -0.25) is 0 Å². The summed E-state index contributed by atoms with van der Waals surface area (Å²) in [7, 11) is 0. The molecule has 7 nitrogen and oxygen atoms in total. The van der Waals surface area contributed by atoms with Crippen molar-refractivity contribution in [2.45, 2.75) is 25.7 Å². The summed E-state index contributed by atoms with van der Waals surface area (Å²) in [5.74, 6) is -1.32. The highest BCUT2D eigenvalue weighted by atomic mass is 16.5. The van der Waals surface area contributed by atoms with Gasteiger partial charge < -0.3 is 14.4 Å². The summed E-state index contributed by atoms with van der Waals surface area (Å²) in [6.07, 6.45) is 9.39. The predicted molar refractivity (Wildman–Crippen MR) is 220 cm³/mol. The number of carbonyl (C=O) groups excluding carboxylic acids is 2. The lowest BCUT2D eigenvalue weighted by atomic mass is 10.1. The van der Waals surface area contributed by atoms with Crippen LogP contribution in [0.25, 0.3) is 24.3 Å². The molecule has 272 valence electrons. The number of aryl methyl sites for hydroxylation is 2. The van der Waals surface area contributed by atoms with Gasteiger partial charge in [-0.05, 0) is 108 Å². The molecular formula is C48H41N3O4. The van der Waals surface area contributed by atoms with Crippen LogP contribution in [0.3, 0.4) is 0 Å². The van der Waals surface area contributed by atoms with Gasteiger partial charge in [0.15, 0.2) is 0 Å². The summed E-state index contributed by atoms with van der Waals surface area (Å²) >= 11 is 0. The van der Waals surface area contributed by atoms with E-state index in [0.29, 0.717) is 24.0 Å². The first-order valence-electron chi connectivity index (χ1n) is 18.0. The highest BCUT2D eigenvalue weighted by Gasteiger charge is 2.15. The molecule has 0 atom stereocenters. The standard InChI is InChI=1S/C48H41N3O4/c1-3-36-14-18-38(19-15-36)10-8-30-54-47(52)42(34-49)32-40-22-26-45(27-23-40)51(44-12-6-5-7-13-44)46-28-24-41(25-29-46)33-43(35-50)48(53)55-31-9-11-39-20-16-37(4-2)17-21-39/h3-7,12-29,32-33H,1-2,8-11,30-31H2. The van der Waals surface area contributed by atoms with Crippen LogP contribution in [0, 0.1) is 22.7 Å². The fourth-order valence-electron chi connectivity index (χ4n) is 5.75. The molecule has 0 N–H and O–H groups in total. The van der Waals surface area contributed by atoms with E-state index in [0.717, 1.165) is 52.2 Å². The zero-order valence-electron chi connectivity index (χ0n) is 30.6. The van der Waals surface area contributed by atoms with Crippen molar-refractivity contribution < 1.29 is 19.1 Å². The van der Waals surface area contributed by atoms with Crippen molar-refractivity contribution in [1.29, 1.82) is 10.5 Å². The summed E-state index contributed by atoms with van der Waals surface area (Å²) < 4.78 is 10.8. The first-order chi connectivity index (χ1) is 26.9. The van der Waals surface area contributed by atoms with Crippen molar-refractivity contribution in [3.63, 3.8) is 0 Å². The molecule has 0 fully saturated rings. The Kier molecular flexibility index (Phi) is 14.3.